The molecule has 0 aromatic heterocycles. The number of carbonyl (C=O) groups is 1. The van der Waals surface area contributed by atoms with E-state index in [0.29, 0.717) is 0 Å². The highest BCUT2D eigenvalue weighted by atomic mass is 16.6. The van der Waals surface area contributed by atoms with Gasteiger partial charge in [0.05, 0.1) is 4.92 Å². The van der Waals surface area contributed by atoms with Gasteiger partial charge in [0.25, 0.3) is 5.69 Å². The van der Waals surface area contributed by atoms with Crippen LogP contribution in [0.4, 0.5) is 16.2 Å². The summed E-state index contributed by atoms with van der Waals surface area (Å²) in [6.45, 7) is 5.48. The average Bonchev–Trinajstić information content (AvgIpc) is 2.34. The van der Waals surface area contributed by atoms with E-state index in [-0.39, 0.29) is 17.8 Å². The van der Waals surface area contributed by atoms with Crippen molar-refractivity contribution < 1.29 is 14.5 Å². The molecule has 0 saturated heterocycles. The molecule has 0 unspecified atom stereocenters. The van der Waals surface area contributed by atoms with Crippen LogP contribution in [-0.2, 0) is 4.74 Å². The van der Waals surface area contributed by atoms with Crippen LogP contribution in [0, 0.1) is 10.1 Å². The van der Waals surface area contributed by atoms with Crippen LogP contribution in [0.25, 0.3) is 0 Å². The average molecular weight is 307 g/mol. The van der Waals surface area contributed by atoms with E-state index in [2.05, 4.69) is 10.6 Å². The van der Waals surface area contributed by atoms with E-state index < -0.39 is 16.6 Å². The van der Waals surface area contributed by atoms with Crippen molar-refractivity contribution in [1.29, 1.82) is 0 Å². The second-order valence-electron chi connectivity index (χ2n) is 6.46. The van der Waals surface area contributed by atoms with Gasteiger partial charge < -0.3 is 15.4 Å². The zero-order valence-corrected chi connectivity index (χ0v) is 13.0. The summed E-state index contributed by atoms with van der Waals surface area (Å²) in [5.74, 6) is 0. The number of nitro groups is 1. The molecule has 1 saturated carbocycles. The lowest BCUT2D eigenvalue weighted by Gasteiger charge is -2.37. The van der Waals surface area contributed by atoms with E-state index in [9.17, 15) is 14.9 Å². The van der Waals surface area contributed by atoms with Crippen LogP contribution in [0.2, 0.25) is 0 Å². The van der Waals surface area contributed by atoms with Gasteiger partial charge in [-0.05, 0) is 45.7 Å². The molecule has 1 aromatic carbocycles. The topological polar surface area (TPSA) is 93.5 Å². The number of ether oxygens (including phenoxy) is 1. The number of rotatable bonds is 4. The van der Waals surface area contributed by atoms with Crippen LogP contribution in [-0.4, -0.2) is 28.7 Å². The van der Waals surface area contributed by atoms with Crippen molar-refractivity contribution in [1.82, 2.24) is 5.32 Å². The van der Waals surface area contributed by atoms with Gasteiger partial charge in [0, 0.05) is 29.9 Å². The van der Waals surface area contributed by atoms with Crippen molar-refractivity contribution in [2.45, 2.75) is 51.3 Å². The highest BCUT2D eigenvalue weighted by Gasteiger charge is 2.31. The molecule has 2 N–H and O–H groups in total. The molecule has 0 atom stereocenters. The summed E-state index contributed by atoms with van der Waals surface area (Å²) in [6.07, 6.45) is 1.21. The second-order valence-corrected chi connectivity index (χ2v) is 6.46. The maximum absolute atomic E-state index is 11.6. The number of nitrogens with one attached hydrogen (secondary N) is 2. The van der Waals surface area contributed by atoms with Crippen LogP contribution in [0.15, 0.2) is 24.3 Å². The molecule has 1 amide bonds. The number of alkyl carbamates (subject to hydrolysis) is 1. The summed E-state index contributed by atoms with van der Waals surface area (Å²) in [6, 6.07) is 6.67. The van der Waals surface area contributed by atoms with Gasteiger partial charge in [0.1, 0.15) is 5.60 Å². The number of anilines is 1. The first-order valence-electron chi connectivity index (χ1n) is 7.23. The molecule has 120 valence electrons. The van der Waals surface area contributed by atoms with Crippen LogP contribution >= 0.6 is 0 Å². The maximum atomic E-state index is 11.6. The molecule has 1 fully saturated rings. The molecule has 0 bridgehead atoms. The molecule has 7 nitrogen and oxygen atoms in total. The van der Waals surface area contributed by atoms with E-state index >= 15 is 0 Å². The van der Waals surface area contributed by atoms with Gasteiger partial charge in [-0.25, -0.2) is 4.79 Å². The summed E-state index contributed by atoms with van der Waals surface area (Å²) >= 11 is 0. The van der Waals surface area contributed by atoms with E-state index in [1.165, 1.54) is 12.1 Å². The molecule has 1 aliphatic carbocycles. The fraction of sp³-hybridized carbons (Fsp3) is 0.533. The normalized spacial score (nSPS) is 20.7. The third-order valence-electron chi connectivity index (χ3n) is 3.31. The number of hydrogen-bond donors (Lipinski definition) is 2. The van der Waals surface area contributed by atoms with E-state index in [1.807, 2.05) is 20.8 Å². The van der Waals surface area contributed by atoms with Crippen LogP contribution in [0.5, 0.6) is 0 Å². The molecule has 1 aliphatic rings. The Morgan fingerprint density at radius 1 is 1.23 bits per heavy atom. The van der Waals surface area contributed by atoms with Crippen molar-refractivity contribution in [3.8, 4) is 0 Å². The Balaban J connectivity index is 1.73. The monoisotopic (exact) mass is 307 g/mol. The van der Waals surface area contributed by atoms with Crippen molar-refractivity contribution in [3.63, 3.8) is 0 Å². The first kappa shape index (κ1) is 16.1. The van der Waals surface area contributed by atoms with E-state index in [0.717, 1.165) is 18.5 Å². The zero-order chi connectivity index (χ0) is 16.3. The minimum Gasteiger partial charge on any atom is -0.444 e. The Morgan fingerprint density at radius 2 is 1.82 bits per heavy atom. The SMILES string of the molecule is CC(C)(C)OC(=O)NC1CC(Nc2ccc([N+](=O)[O-])cc2)C1. The van der Waals surface area contributed by atoms with Gasteiger partial charge in [-0.3, -0.25) is 10.1 Å². The number of benzene rings is 1. The van der Waals surface area contributed by atoms with Crippen molar-refractivity contribution in [2.24, 2.45) is 0 Å². The van der Waals surface area contributed by atoms with Crippen molar-refractivity contribution in [3.05, 3.63) is 34.4 Å². The molecular formula is C15H21N3O4. The predicted molar refractivity (Wildman–Crippen MR) is 82.9 cm³/mol. The largest absolute Gasteiger partial charge is 0.444 e. The molecule has 7 heteroatoms. The molecule has 0 aliphatic heterocycles. The van der Waals surface area contributed by atoms with Gasteiger partial charge in [0.15, 0.2) is 0 Å². The fourth-order valence-electron chi connectivity index (χ4n) is 2.24. The molecule has 1 aromatic rings. The summed E-state index contributed by atoms with van der Waals surface area (Å²) in [7, 11) is 0. The summed E-state index contributed by atoms with van der Waals surface area (Å²) in [4.78, 5) is 21.8. The Labute approximate surface area is 129 Å². The van der Waals surface area contributed by atoms with Crippen molar-refractivity contribution in [2.75, 3.05) is 5.32 Å². The fourth-order valence-corrected chi connectivity index (χ4v) is 2.24. The quantitative estimate of drug-likeness (QED) is 0.658. The summed E-state index contributed by atoms with van der Waals surface area (Å²) in [5, 5.41) is 16.7. The minimum absolute atomic E-state index is 0.0728. The number of non-ortho nitro benzene ring substituents is 1. The molecular weight excluding hydrogens is 286 g/mol. The number of nitro benzene ring substituents is 1. The number of nitrogens with zero attached hydrogens (tertiary/aromatic N) is 1. The number of carbonyl (C=O) groups excluding carboxylic acids is 1. The number of amides is 1. The van der Waals surface area contributed by atoms with Crippen LogP contribution in [0.3, 0.4) is 0 Å². The van der Waals surface area contributed by atoms with E-state index in [1.54, 1.807) is 12.1 Å². The minimum atomic E-state index is -0.496. The molecule has 0 radical (unpaired) electrons. The predicted octanol–water partition coefficient (Wildman–Crippen LogP) is 3.06. The third-order valence-corrected chi connectivity index (χ3v) is 3.31. The molecule has 0 spiro atoms. The zero-order valence-electron chi connectivity index (χ0n) is 13.0. The Bertz CT molecular complexity index is 545. The molecule has 0 heterocycles. The second kappa shape index (κ2) is 6.21. The van der Waals surface area contributed by atoms with Crippen LogP contribution in [0.1, 0.15) is 33.6 Å². The van der Waals surface area contributed by atoms with Gasteiger partial charge in [0.2, 0.25) is 0 Å². The van der Waals surface area contributed by atoms with Gasteiger partial charge >= 0.3 is 6.09 Å². The first-order chi connectivity index (χ1) is 10.2. The van der Waals surface area contributed by atoms with E-state index in [4.69, 9.17) is 4.74 Å². The number of hydrogen-bond acceptors (Lipinski definition) is 5. The summed E-state index contributed by atoms with van der Waals surface area (Å²) in [5.41, 5.74) is 0.416. The standard InChI is InChI=1S/C15H21N3O4/c1-15(2,3)22-14(19)17-12-8-11(9-12)16-10-4-6-13(7-5-10)18(20)21/h4-7,11-12,16H,8-9H2,1-3H3,(H,17,19). The lowest BCUT2D eigenvalue weighted by molar-refractivity contribution is -0.384. The highest BCUT2D eigenvalue weighted by Crippen LogP contribution is 2.25. The third kappa shape index (κ3) is 4.61. The van der Waals surface area contributed by atoms with Gasteiger partial charge in [-0.1, -0.05) is 0 Å². The molecule has 22 heavy (non-hydrogen) atoms. The highest BCUT2D eigenvalue weighted by molar-refractivity contribution is 5.68. The van der Waals surface area contributed by atoms with Crippen molar-refractivity contribution >= 4 is 17.5 Å². The lowest BCUT2D eigenvalue weighted by Crippen LogP contribution is -2.50. The smallest absolute Gasteiger partial charge is 0.407 e. The van der Waals surface area contributed by atoms with Gasteiger partial charge in [-0.15, -0.1) is 0 Å². The first-order valence-corrected chi connectivity index (χ1v) is 7.23. The Morgan fingerprint density at radius 3 is 2.32 bits per heavy atom. The Hall–Kier alpha value is -2.31. The van der Waals surface area contributed by atoms with Crippen LogP contribution < -0.4 is 10.6 Å². The van der Waals surface area contributed by atoms with Gasteiger partial charge in [-0.2, -0.15) is 0 Å². The summed E-state index contributed by atoms with van der Waals surface area (Å²) < 4.78 is 5.20. The molecule has 2 rings (SSSR count). The maximum Gasteiger partial charge on any atom is 0.407 e. The lowest BCUT2D eigenvalue weighted by atomic mass is 9.86. The Kier molecular flexibility index (Phi) is 4.54.